The molecule has 1 aliphatic rings. The lowest BCUT2D eigenvalue weighted by Gasteiger charge is -2.24. The van der Waals surface area contributed by atoms with Crippen molar-refractivity contribution in [1.29, 1.82) is 0 Å². The molecule has 1 fully saturated rings. The number of para-hydroxylation sites is 1. The number of carbonyl (C=O) groups excluding carboxylic acids is 1. The zero-order chi connectivity index (χ0) is 24.1. The summed E-state index contributed by atoms with van der Waals surface area (Å²) in [5.74, 6) is -0.609. The number of benzene rings is 3. The molecule has 0 spiro atoms. The van der Waals surface area contributed by atoms with Crippen molar-refractivity contribution < 1.29 is 22.3 Å². The van der Waals surface area contributed by atoms with Gasteiger partial charge in [-0.05, 0) is 81.1 Å². The van der Waals surface area contributed by atoms with Gasteiger partial charge in [-0.2, -0.15) is 0 Å². The number of carbonyl (C=O) groups is 1. The van der Waals surface area contributed by atoms with Gasteiger partial charge in [-0.3, -0.25) is 9.10 Å². The molecule has 1 N–H and O–H groups in total. The quantitative estimate of drug-likeness (QED) is 0.473. The lowest BCUT2D eigenvalue weighted by atomic mass is 10.2. The highest BCUT2D eigenvalue weighted by molar-refractivity contribution is 7.92. The average molecular weight is 483 g/mol. The van der Waals surface area contributed by atoms with Crippen LogP contribution in [-0.2, 0) is 14.8 Å². The average Bonchev–Trinajstić information content (AvgIpc) is 3.33. The van der Waals surface area contributed by atoms with Crippen LogP contribution < -0.4 is 14.4 Å². The van der Waals surface area contributed by atoms with Crippen LogP contribution in [0.2, 0.25) is 0 Å². The van der Waals surface area contributed by atoms with E-state index in [9.17, 15) is 17.6 Å². The Morgan fingerprint density at radius 1 is 1.00 bits per heavy atom. The van der Waals surface area contributed by atoms with Crippen LogP contribution in [0.5, 0.6) is 5.75 Å². The zero-order valence-electron chi connectivity index (χ0n) is 18.9. The summed E-state index contributed by atoms with van der Waals surface area (Å²) in [7, 11) is -4.19. The van der Waals surface area contributed by atoms with Crippen LogP contribution in [0.4, 0.5) is 15.8 Å². The molecule has 0 aliphatic heterocycles. The number of aryl methyl sites for hydroxylation is 1. The Labute approximate surface area is 199 Å². The van der Waals surface area contributed by atoms with Crippen molar-refractivity contribution >= 4 is 27.3 Å². The molecule has 0 bridgehead atoms. The first-order valence-corrected chi connectivity index (χ1v) is 12.7. The summed E-state index contributed by atoms with van der Waals surface area (Å²) in [6.07, 6.45) is 4.65. The lowest BCUT2D eigenvalue weighted by Crippen LogP contribution is -2.38. The molecule has 0 unspecified atom stereocenters. The SMILES string of the molecule is Cc1ccc(S(=O)(=O)N(CC(=O)Nc2ccc(OC3CCCC3)cc2)c2ccccc2F)cc1. The fourth-order valence-corrected chi connectivity index (χ4v) is 5.37. The smallest absolute Gasteiger partial charge is 0.264 e. The van der Waals surface area contributed by atoms with Crippen LogP contribution in [0.25, 0.3) is 0 Å². The topological polar surface area (TPSA) is 75.7 Å². The van der Waals surface area contributed by atoms with Gasteiger partial charge >= 0.3 is 0 Å². The summed E-state index contributed by atoms with van der Waals surface area (Å²) >= 11 is 0. The van der Waals surface area contributed by atoms with Crippen LogP contribution in [0.15, 0.2) is 77.7 Å². The van der Waals surface area contributed by atoms with E-state index in [1.54, 1.807) is 36.4 Å². The third-order valence-corrected chi connectivity index (χ3v) is 7.53. The number of nitrogens with one attached hydrogen (secondary N) is 1. The van der Waals surface area contributed by atoms with Crippen LogP contribution in [-0.4, -0.2) is 27.0 Å². The normalized spacial score (nSPS) is 14.1. The van der Waals surface area contributed by atoms with Crippen molar-refractivity contribution in [3.8, 4) is 5.75 Å². The largest absolute Gasteiger partial charge is 0.490 e. The van der Waals surface area contributed by atoms with Gasteiger partial charge in [-0.15, -0.1) is 0 Å². The van der Waals surface area contributed by atoms with Gasteiger partial charge in [-0.25, -0.2) is 12.8 Å². The molecule has 178 valence electrons. The van der Waals surface area contributed by atoms with Crippen LogP contribution in [0.1, 0.15) is 31.2 Å². The molecule has 3 aromatic rings. The first-order valence-electron chi connectivity index (χ1n) is 11.2. The predicted octanol–water partition coefficient (Wildman–Crippen LogP) is 5.29. The van der Waals surface area contributed by atoms with Gasteiger partial charge in [0, 0.05) is 5.69 Å². The number of amides is 1. The van der Waals surface area contributed by atoms with Crippen molar-refractivity contribution in [2.24, 2.45) is 0 Å². The minimum Gasteiger partial charge on any atom is -0.490 e. The highest BCUT2D eigenvalue weighted by Crippen LogP contribution is 2.27. The number of anilines is 2. The van der Waals surface area contributed by atoms with E-state index in [2.05, 4.69) is 5.32 Å². The molecule has 0 saturated heterocycles. The maximum absolute atomic E-state index is 14.6. The molecule has 0 aromatic heterocycles. The Balaban J connectivity index is 1.52. The molecule has 0 radical (unpaired) electrons. The Bertz CT molecular complexity index is 1240. The van der Waals surface area contributed by atoms with E-state index >= 15 is 0 Å². The van der Waals surface area contributed by atoms with Crippen molar-refractivity contribution in [3.63, 3.8) is 0 Å². The van der Waals surface area contributed by atoms with Crippen molar-refractivity contribution in [2.75, 3.05) is 16.2 Å². The van der Waals surface area contributed by atoms with E-state index in [0.717, 1.165) is 34.5 Å². The van der Waals surface area contributed by atoms with Crippen molar-refractivity contribution in [1.82, 2.24) is 0 Å². The number of nitrogens with zero attached hydrogens (tertiary/aromatic N) is 1. The molecule has 0 atom stereocenters. The Hall–Kier alpha value is -3.39. The number of sulfonamides is 1. The molecule has 1 saturated carbocycles. The third-order valence-electron chi connectivity index (χ3n) is 5.76. The summed E-state index contributed by atoms with van der Waals surface area (Å²) in [5.41, 5.74) is 1.18. The fourth-order valence-electron chi connectivity index (χ4n) is 3.94. The van der Waals surface area contributed by atoms with E-state index in [4.69, 9.17) is 4.74 Å². The second-order valence-electron chi connectivity index (χ2n) is 8.37. The second-order valence-corrected chi connectivity index (χ2v) is 10.2. The third kappa shape index (κ3) is 5.56. The van der Waals surface area contributed by atoms with Gasteiger partial charge < -0.3 is 10.1 Å². The number of hydrogen-bond acceptors (Lipinski definition) is 4. The lowest BCUT2D eigenvalue weighted by molar-refractivity contribution is -0.114. The molecule has 4 rings (SSSR count). The number of rotatable bonds is 8. The first-order chi connectivity index (χ1) is 16.3. The molecule has 8 heteroatoms. The van der Waals surface area contributed by atoms with Gasteiger partial charge in [0.15, 0.2) is 0 Å². The standard InChI is InChI=1S/C26H27FN2O4S/c1-19-10-16-23(17-11-19)34(31,32)29(25-9-5-4-8-24(25)27)18-26(30)28-20-12-14-22(15-13-20)33-21-6-2-3-7-21/h4-5,8-17,21H,2-3,6-7,18H2,1H3,(H,28,30). The molecule has 1 aliphatic carbocycles. The van der Waals surface area contributed by atoms with Gasteiger partial charge in [0.05, 0.1) is 16.7 Å². The Morgan fingerprint density at radius 2 is 1.65 bits per heavy atom. The van der Waals surface area contributed by atoms with Crippen molar-refractivity contribution in [3.05, 3.63) is 84.2 Å². The molecule has 1 amide bonds. The molecular formula is C26H27FN2O4S. The van der Waals surface area contributed by atoms with Crippen LogP contribution in [0.3, 0.4) is 0 Å². The van der Waals surface area contributed by atoms with Crippen LogP contribution >= 0.6 is 0 Å². The molecule has 34 heavy (non-hydrogen) atoms. The number of hydrogen-bond donors (Lipinski definition) is 1. The summed E-state index contributed by atoms with van der Waals surface area (Å²) in [5, 5.41) is 2.69. The number of ether oxygens (including phenoxy) is 1. The Morgan fingerprint density at radius 3 is 2.29 bits per heavy atom. The highest BCUT2D eigenvalue weighted by atomic mass is 32.2. The number of halogens is 1. The molecule has 3 aromatic carbocycles. The van der Waals surface area contributed by atoms with Gasteiger partial charge in [0.1, 0.15) is 18.1 Å². The molecule has 6 nitrogen and oxygen atoms in total. The maximum Gasteiger partial charge on any atom is 0.264 e. The Kier molecular flexibility index (Phi) is 7.17. The summed E-state index contributed by atoms with van der Waals surface area (Å²) in [6.45, 7) is 1.25. The van der Waals surface area contributed by atoms with Crippen LogP contribution in [0, 0.1) is 12.7 Å². The van der Waals surface area contributed by atoms with E-state index in [0.29, 0.717) is 5.69 Å². The summed E-state index contributed by atoms with van der Waals surface area (Å²) < 4.78 is 48.0. The zero-order valence-corrected chi connectivity index (χ0v) is 19.7. The van der Waals surface area contributed by atoms with Gasteiger partial charge in [-0.1, -0.05) is 29.8 Å². The van der Waals surface area contributed by atoms with Gasteiger partial charge in [0.2, 0.25) is 5.91 Å². The fraction of sp³-hybridized carbons (Fsp3) is 0.269. The summed E-state index contributed by atoms with van der Waals surface area (Å²) in [4.78, 5) is 12.8. The van der Waals surface area contributed by atoms with E-state index < -0.39 is 28.3 Å². The predicted molar refractivity (Wildman–Crippen MR) is 130 cm³/mol. The minimum atomic E-state index is -4.19. The highest BCUT2D eigenvalue weighted by Gasteiger charge is 2.29. The van der Waals surface area contributed by atoms with Gasteiger partial charge in [0.25, 0.3) is 10.0 Å². The minimum absolute atomic E-state index is 0.0254. The van der Waals surface area contributed by atoms with E-state index in [-0.39, 0.29) is 16.7 Å². The first kappa shape index (κ1) is 23.8. The second kappa shape index (κ2) is 10.3. The molecule has 0 heterocycles. The van der Waals surface area contributed by atoms with E-state index in [1.807, 2.05) is 6.92 Å². The van der Waals surface area contributed by atoms with Crippen molar-refractivity contribution in [2.45, 2.75) is 43.6 Å². The monoisotopic (exact) mass is 482 g/mol. The molecular weight excluding hydrogens is 455 g/mol. The van der Waals surface area contributed by atoms with E-state index in [1.165, 1.54) is 43.2 Å². The summed E-state index contributed by atoms with van der Waals surface area (Å²) in [6, 6.07) is 18.6. The maximum atomic E-state index is 14.6.